The molecule has 0 saturated carbocycles. The van der Waals surface area contributed by atoms with Gasteiger partial charge in [-0.25, -0.2) is 0 Å². The van der Waals surface area contributed by atoms with E-state index in [0.29, 0.717) is 6.61 Å². The van der Waals surface area contributed by atoms with Gasteiger partial charge < -0.3 is 10.1 Å². The summed E-state index contributed by atoms with van der Waals surface area (Å²) in [6.45, 7) is 10.2. The minimum Gasteiger partial charge on any atom is -0.494 e. The molecule has 0 saturated heterocycles. The third-order valence-electron chi connectivity index (χ3n) is 3.46. The maximum Gasteiger partial charge on any atom is 0.119 e. The minimum absolute atomic E-state index is 0.199. The van der Waals surface area contributed by atoms with E-state index in [1.54, 1.807) is 0 Å². The van der Waals surface area contributed by atoms with Gasteiger partial charge in [0.1, 0.15) is 5.75 Å². The molecule has 0 bridgehead atoms. The van der Waals surface area contributed by atoms with Gasteiger partial charge in [0, 0.05) is 12.2 Å². The number of hydrogen-bond acceptors (Lipinski definition) is 2. The zero-order valence-corrected chi connectivity index (χ0v) is 13.4. The Labute approximate surface area is 128 Å². The van der Waals surface area contributed by atoms with Crippen LogP contribution in [0.5, 0.6) is 5.75 Å². The van der Waals surface area contributed by atoms with Crippen molar-refractivity contribution in [3.05, 3.63) is 59.7 Å². The summed E-state index contributed by atoms with van der Waals surface area (Å²) in [6, 6.07) is 16.9. The van der Waals surface area contributed by atoms with Crippen molar-refractivity contribution in [1.82, 2.24) is 0 Å². The molecule has 0 aliphatic carbocycles. The first kappa shape index (κ1) is 15.4. The second-order valence-corrected chi connectivity index (χ2v) is 6.26. The Bertz CT molecular complexity index is 567. The maximum absolute atomic E-state index is 5.52. The number of ether oxygens (including phenoxy) is 1. The summed E-state index contributed by atoms with van der Waals surface area (Å²) in [5.41, 5.74) is 3.92. The van der Waals surface area contributed by atoms with Crippen molar-refractivity contribution >= 4 is 5.69 Å². The first-order valence-corrected chi connectivity index (χ1v) is 7.55. The van der Waals surface area contributed by atoms with Gasteiger partial charge >= 0.3 is 0 Å². The molecule has 2 heteroatoms. The van der Waals surface area contributed by atoms with Crippen LogP contribution in [0.25, 0.3) is 0 Å². The van der Waals surface area contributed by atoms with Crippen molar-refractivity contribution in [2.24, 2.45) is 0 Å². The van der Waals surface area contributed by atoms with Crippen molar-refractivity contribution in [2.45, 2.75) is 39.7 Å². The molecular formula is C19H25NO. The van der Waals surface area contributed by atoms with Gasteiger partial charge in [-0.3, -0.25) is 0 Å². The third-order valence-corrected chi connectivity index (χ3v) is 3.46. The number of hydrogen-bond donors (Lipinski definition) is 1. The Hall–Kier alpha value is -1.96. The molecule has 0 atom stereocenters. The number of rotatable bonds is 5. The van der Waals surface area contributed by atoms with E-state index in [0.717, 1.165) is 18.0 Å². The molecular weight excluding hydrogens is 258 g/mol. The highest BCUT2D eigenvalue weighted by molar-refractivity contribution is 5.46. The predicted molar refractivity (Wildman–Crippen MR) is 90.1 cm³/mol. The molecule has 0 aliphatic rings. The highest BCUT2D eigenvalue weighted by Crippen LogP contribution is 2.23. The fourth-order valence-electron chi connectivity index (χ4n) is 2.20. The van der Waals surface area contributed by atoms with Gasteiger partial charge in [-0.05, 0) is 47.7 Å². The van der Waals surface area contributed by atoms with Crippen molar-refractivity contribution in [1.29, 1.82) is 0 Å². The van der Waals surface area contributed by atoms with Gasteiger partial charge in [-0.2, -0.15) is 0 Å². The summed E-state index contributed by atoms with van der Waals surface area (Å²) in [4.78, 5) is 0. The maximum atomic E-state index is 5.52. The van der Waals surface area contributed by atoms with Crippen LogP contribution in [-0.2, 0) is 12.0 Å². The zero-order chi connectivity index (χ0) is 15.3. The molecule has 0 aliphatic heterocycles. The third kappa shape index (κ3) is 4.52. The lowest BCUT2D eigenvalue weighted by molar-refractivity contribution is 0.340. The van der Waals surface area contributed by atoms with Crippen LogP contribution in [0, 0.1) is 0 Å². The van der Waals surface area contributed by atoms with E-state index in [9.17, 15) is 0 Å². The van der Waals surface area contributed by atoms with Crippen LogP contribution in [0.1, 0.15) is 38.8 Å². The first-order valence-electron chi connectivity index (χ1n) is 7.55. The Morgan fingerprint density at radius 3 is 2.33 bits per heavy atom. The molecule has 0 unspecified atom stereocenters. The van der Waals surface area contributed by atoms with Crippen molar-refractivity contribution < 1.29 is 4.74 Å². The molecule has 112 valence electrons. The first-order chi connectivity index (χ1) is 9.99. The van der Waals surface area contributed by atoms with Crippen molar-refractivity contribution in [3.8, 4) is 5.75 Å². The SMILES string of the molecule is CCOc1cccc(CNc2ccc(C(C)(C)C)cc2)c1. The zero-order valence-electron chi connectivity index (χ0n) is 13.4. The molecule has 0 fully saturated rings. The summed E-state index contributed by atoms with van der Waals surface area (Å²) in [7, 11) is 0. The number of nitrogens with one attached hydrogen (secondary N) is 1. The summed E-state index contributed by atoms with van der Waals surface area (Å²) < 4.78 is 5.52. The Morgan fingerprint density at radius 1 is 1.00 bits per heavy atom. The van der Waals surface area contributed by atoms with E-state index in [-0.39, 0.29) is 5.41 Å². The van der Waals surface area contributed by atoms with Gasteiger partial charge in [0.2, 0.25) is 0 Å². The second kappa shape index (κ2) is 6.66. The molecule has 2 aromatic carbocycles. The molecule has 2 rings (SSSR count). The van der Waals surface area contributed by atoms with Crippen molar-refractivity contribution in [2.75, 3.05) is 11.9 Å². The molecule has 2 aromatic rings. The van der Waals surface area contributed by atoms with E-state index < -0.39 is 0 Å². The lowest BCUT2D eigenvalue weighted by Crippen LogP contribution is -2.10. The van der Waals surface area contributed by atoms with E-state index in [4.69, 9.17) is 4.74 Å². The normalized spacial score (nSPS) is 11.2. The lowest BCUT2D eigenvalue weighted by atomic mass is 9.87. The van der Waals surface area contributed by atoms with Crippen LogP contribution < -0.4 is 10.1 Å². The van der Waals surface area contributed by atoms with E-state index in [1.807, 2.05) is 19.1 Å². The molecule has 0 amide bonds. The summed E-state index contributed by atoms with van der Waals surface area (Å²) in [5, 5.41) is 3.45. The Kier molecular flexibility index (Phi) is 4.89. The highest BCUT2D eigenvalue weighted by Gasteiger charge is 2.12. The summed E-state index contributed by atoms with van der Waals surface area (Å²) in [6.07, 6.45) is 0. The van der Waals surface area contributed by atoms with Gasteiger partial charge in [-0.15, -0.1) is 0 Å². The Balaban J connectivity index is 1.98. The fourth-order valence-corrected chi connectivity index (χ4v) is 2.20. The van der Waals surface area contributed by atoms with Crippen LogP contribution >= 0.6 is 0 Å². The van der Waals surface area contributed by atoms with Crippen LogP contribution in [0.15, 0.2) is 48.5 Å². The molecule has 0 heterocycles. The molecule has 0 spiro atoms. The molecule has 2 nitrogen and oxygen atoms in total. The molecule has 0 radical (unpaired) electrons. The summed E-state index contributed by atoms with van der Waals surface area (Å²) in [5.74, 6) is 0.930. The number of anilines is 1. The predicted octanol–water partition coefficient (Wildman–Crippen LogP) is 4.99. The van der Waals surface area contributed by atoms with Gasteiger partial charge in [0.05, 0.1) is 6.61 Å². The smallest absolute Gasteiger partial charge is 0.119 e. The van der Waals surface area contributed by atoms with Crippen LogP contribution in [-0.4, -0.2) is 6.61 Å². The minimum atomic E-state index is 0.199. The van der Waals surface area contributed by atoms with E-state index in [1.165, 1.54) is 11.1 Å². The standard InChI is InChI=1S/C19H25NO/c1-5-21-18-8-6-7-15(13-18)14-20-17-11-9-16(10-12-17)19(2,3)4/h6-13,20H,5,14H2,1-4H3. The molecule has 1 N–H and O–H groups in total. The van der Waals surface area contributed by atoms with Gasteiger partial charge in [-0.1, -0.05) is 45.0 Å². The second-order valence-electron chi connectivity index (χ2n) is 6.26. The van der Waals surface area contributed by atoms with E-state index >= 15 is 0 Å². The molecule has 0 aromatic heterocycles. The van der Waals surface area contributed by atoms with Crippen molar-refractivity contribution in [3.63, 3.8) is 0 Å². The Morgan fingerprint density at radius 2 is 1.71 bits per heavy atom. The monoisotopic (exact) mass is 283 g/mol. The van der Waals surface area contributed by atoms with E-state index in [2.05, 4.69) is 62.5 Å². The fraction of sp³-hybridized carbons (Fsp3) is 0.368. The summed E-state index contributed by atoms with van der Waals surface area (Å²) >= 11 is 0. The van der Waals surface area contributed by atoms with Gasteiger partial charge in [0.15, 0.2) is 0 Å². The lowest BCUT2D eigenvalue weighted by Gasteiger charge is -2.19. The average Bonchev–Trinajstić information content (AvgIpc) is 2.45. The highest BCUT2D eigenvalue weighted by atomic mass is 16.5. The van der Waals surface area contributed by atoms with Crippen LogP contribution in [0.3, 0.4) is 0 Å². The number of benzene rings is 2. The van der Waals surface area contributed by atoms with Crippen LogP contribution in [0.2, 0.25) is 0 Å². The van der Waals surface area contributed by atoms with Crippen LogP contribution in [0.4, 0.5) is 5.69 Å². The topological polar surface area (TPSA) is 21.3 Å². The van der Waals surface area contributed by atoms with Gasteiger partial charge in [0.25, 0.3) is 0 Å². The molecule has 21 heavy (non-hydrogen) atoms. The average molecular weight is 283 g/mol. The quantitative estimate of drug-likeness (QED) is 0.834. The largest absolute Gasteiger partial charge is 0.494 e.